The largest absolute Gasteiger partial charge is 0.410 e. The second-order valence-corrected chi connectivity index (χ2v) is 7.96. The lowest BCUT2D eigenvalue weighted by atomic mass is 9.96. The average Bonchev–Trinajstić information content (AvgIpc) is 3.16. The average molecular weight is 370 g/mol. The standard InChI is InChI=1S/C19H14O4S2/c20-16-15(18-24-11-12-25-18)17(21)23-19(22-16,13-7-3-1-4-8-13)14-9-5-2-6-10-14/h1-10H,11-12H2. The molecule has 0 atom stereocenters. The van der Waals surface area contributed by atoms with Crippen LogP contribution in [-0.2, 0) is 24.8 Å². The van der Waals surface area contributed by atoms with Crippen LogP contribution in [0.4, 0.5) is 0 Å². The highest BCUT2D eigenvalue weighted by Gasteiger charge is 2.50. The summed E-state index contributed by atoms with van der Waals surface area (Å²) in [5, 5.41) is 0. The summed E-state index contributed by atoms with van der Waals surface area (Å²) >= 11 is 2.98. The van der Waals surface area contributed by atoms with Crippen molar-refractivity contribution in [2.45, 2.75) is 5.79 Å². The SMILES string of the molecule is O=C1OC(c2ccccc2)(c2ccccc2)OC(=O)C1=C1SCCS1. The molecule has 0 aliphatic carbocycles. The van der Waals surface area contributed by atoms with Gasteiger partial charge in [0.2, 0.25) is 0 Å². The van der Waals surface area contributed by atoms with Gasteiger partial charge in [-0.15, -0.1) is 23.5 Å². The van der Waals surface area contributed by atoms with E-state index in [2.05, 4.69) is 0 Å². The van der Waals surface area contributed by atoms with Crippen molar-refractivity contribution in [3.8, 4) is 0 Å². The van der Waals surface area contributed by atoms with Crippen molar-refractivity contribution in [1.29, 1.82) is 0 Å². The number of thioether (sulfide) groups is 2. The van der Waals surface area contributed by atoms with Crippen LogP contribution in [0.3, 0.4) is 0 Å². The van der Waals surface area contributed by atoms with E-state index in [4.69, 9.17) is 9.47 Å². The molecular formula is C19H14O4S2. The lowest BCUT2D eigenvalue weighted by Gasteiger charge is -2.37. The van der Waals surface area contributed by atoms with Crippen molar-refractivity contribution in [2.75, 3.05) is 11.5 Å². The number of benzene rings is 2. The predicted octanol–water partition coefficient (Wildman–Crippen LogP) is 3.68. The number of esters is 2. The molecule has 0 aromatic heterocycles. The van der Waals surface area contributed by atoms with Gasteiger partial charge in [0.1, 0.15) is 0 Å². The van der Waals surface area contributed by atoms with Gasteiger partial charge < -0.3 is 9.47 Å². The molecule has 2 aliphatic rings. The van der Waals surface area contributed by atoms with Crippen molar-refractivity contribution in [2.24, 2.45) is 0 Å². The Morgan fingerprint density at radius 2 is 1.16 bits per heavy atom. The van der Waals surface area contributed by atoms with Crippen molar-refractivity contribution in [1.82, 2.24) is 0 Å². The highest BCUT2D eigenvalue weighted by Crippen LogP contribution is 2.45. The Balaban J connectivity index is 1.83. The highest BCUT2D eigenvalue weighted by atomic mass is 32.2. The third-order valence-corrected chi connectivity index (χ3v) is 6.66. The van der Waals surface area contributed by atoms with Crippen LogP contribution in [-0.4, -0.2) is 23.4 Å². The van der Waals surface area contributed by atoms with Crippen LogP contribution >= 0.6 is 23.5 Å². The van der Waals surface area contributed by atoms with E-state index in [-0.39, 0.29) is 5.57 Å². The lowest BCUT2D eigenvalue weighted by Crippen LogP contribution is -2.45. The monoisotopic (exact) mass is 370 g/mol. The number of hydrogen-bond acceptors (Lipinski definition) is 6. The first-order valence-electron chi connectivity index (χ1n) is 7.78. The minimum absolute atomic E-state index is 0.00925. The molecule has 4 rings (SSSR count). The molecule has 0 spiro atoms. The van der Waals surface area contributed by atoms with Crippen LogP contribution in [0.1, 0.15) is 11.1 Å². The number of carbonyl (C=O) groups excluding carboxylic acids is 2. The number of hydrogen-bond donors (Lipinski definition) is 0. The summed E-state index contributed by atoms with van der Waals surface area (Å²) < 4.78 is 12.2. The molecule has 0 saturated carbocycles. The highest BCUT2D eigenvalue weighted by molar-refractivity contribution is 8.25. The third kappa shape index (κ3) is 2.85. The van der Waals surface area contributed by atoms with Crippen LogP contribution in [0.2, 0.25) is 0 Å². The molecule has 0 unspecified atom stereocenters. The molecule has 4 nitrogen and oxygen atoms in total. The van der Waals surface area contributed by atoms with Gasteiger partial charge in [0, 0.05) is 22.6 Å². The maximum Gasteiger partial charge on any atom is 0.351 e. The first kappa shape index (κ1) is 16.3. The zero-order valence-electron chi connectivity index (χ0n) is 13.1. The van der Waals surface area contributed by atoms with E-state index in [1.165, 1.54) is 23.5 Å². The van der Waals surface area contributed by atoms with E-state index >= 15 is 0 Å². The van der Waals surface area contributed by atoms with Crippen molar-refractivity contribution >= 4 is 35.5 Å². The fourth-order valence-corrected chi connectivity index (χ4v) is 5.30. The molecule has 0 bridgehead atoms. The molecule has 2 saturated heterocycles. The molecule has 6 heteroatoms. The van der Waals surface area contributed by atoms with Gasteiger partial charge in [0.25, 0.3) is 0 Å². The molecule has 2 aromatic rings. The topological polar surface area (TPSA) is 52.6 Å². The molecule has 2 aromatic carbocycles. The maximum absolute atomic E-state index is 12.7. The van der Waals surface area contributed by atoms with Crippen LogP contribution < -0.4 is 0 Å². The number of carbonyl (C=O) groups is 2. The Morgan fingerprint density at radius 3 is 1.60 bits per heavy atom. The van der Waals surface area contributed by atoms with Crippen LogP contribution in [0.5, 0.6) is 0 Å². The molecule has 0 radical (unpaired) electrons. The van der Waals surface area contributed by atoms with E-state index < -0.39 is 17.7 Å². The van der Waals surface area contributed by atoms with E-state index in [1.807, 2.05) is 36.4 Å². The van der Waals surface area contributed by atoms with Gasteiger partial charge in [-0.3, -0.25) is 0 Å². The van der Waals surface area contributed by atoms with Crippen molar-refractivity contribution in [3.63, 3.8) is 0 Å². The quantitative estimate of drug-likeness (QED) is 0.457. The molecule has 126 valence electrons. The summed E-state index contributed by atoms with van der Waals surface area (Å²) in [5.74, 6) is -1.10. The van der Waals surface area contributed by atoms with Gasteiger partial charge in [-0.2, -0.15) is 0 Å². The number of rotatable bonds is 2. The number of ether oxygens (including phenoxy) is 2. The first-order valence-corrected chi connectivity index (χ1v) is 9.75. The van der Waals surface area contributed by atoms with Gasteiger partial charge in [0.05, 0.1) is 4.24 Å². The Labute approximate surface area is 153 Å². The van der Waals surface area contributed by atoms with Crippen LogP contribution in [0.25, 0.3) is 0 Å². The zero-order chi connectivity index (χ0) is 17.3. The summed E-state index contributed by atoms with van der Waals surface area (Å²) in [7, 11) is 0. The van der Waals surface area contributed by atoms with Gasteiger partial charge in [-0.25, -0.2) is 9.59 Å². The molecule has 2 aliphatic heterocycles. The smallest absolute Gasteiger partial charge is 0.351 e. The van der Waals surface area contributed by atoms with Gasteiger partial charge in [-0.05, 0) is 0 Å². The summed E-state index contributed by atoms with van der Waals surface area (Å²) in [6, 6.07) is 18.1. The first-order chi connectivity index (χ1) is 12.2. The lowest BCUT2D eigenvalue weighted by molar-refractivity contribution is -0.225. The van der Waals surface area contributed by atoms with E-state index in [9.17, 15) is 9.59 Å². The molecular weight excluding hydrogens is 356 g/mol. The van der Waals surface area contributed by atoms with Gasteiger partial charge in [-0.1, -0.05) is 60.7 Å². The summed E-state index contributed by atoms with van der Waals surface area (Å²) in [6.07, 6.45) is 0. The van der Waals surface area contributed by atoms with E-state index in [0.717, 1.165) is 11.5 Å². The van der Waals surface area contributed by atoms with Gasteiger partial charge >= 0.3 is 17.7 Å². The minimum atomic E-state index is -1.56. The molecule has 0 amide bonds. The maximum atomic E-state index is 12.7. The molecule has 2 heterocycles. The predicted molar refractivity (Wildman–Crippen MR) is 97.8 cm³/mol. The van der Waals surface area contributed by atoms with E-state index in [0.29, 0.717) is 15.4 Å². The minimum Gasteiger partial charge on any atom is -0.410 e. The Bertz CT molecular complexity index is 777. The third-order valence-electron chi connectivity index (χ3n) is 3.94. The Morgan fingerprint density at radius 1 is 0.720 bits per heavy atom. The fourth-order valence-electron chi connectivity index (χ4n) is 2.81. The van der Waals surface area contributed by atoms with E-state index in [1.54, 1.807) is 24.3 Å². The summed E-state index contributed by atoms with van der Waals surface area (Å²) in [4.78, 5) is 25.5. The molecule has 2 fully saturated rings. The van der Waals surface area contributed by atoms with Gasteiger partial charge in [0.15, 0.2) is 5.57 Å². The zero-order valence-corrected chi connectivity index (χ0v) is 14.8. The Hall–Kier alpha value is -2.18. The normalized spacial score (nSPS) is 19.5. The summed E-state index contributed by atoms with van der Waals surface area (Å²) in [5.41, 5.74) is 1.20. The fraction of sp³-hybridized carbons (Fsp3) is 0.158. The summed E-state index contributed by atoms with van der Waals surface area (Å²) in [6.45, 7) is 0. The molecule has 25 heavy (non-hydrogen) atoms. The van der Waals surface area contributed by atoms with Crippen LogP contribution in [0.15, 0.2) is 70.5 Å². The number of cyclic esters (lactones) is 2. The molecule has 0 N–H and O–H groups in total. The van der Waals surface area contributed by atoms with Crippen molar-refractivity contribution in [3.05, 3.63) is 81.6 Å². The second-order valence-electron chi connectivity index (χ2n) is 5.49. The Kier molecular flexibility index (Phi) is 4.31. The van der Waals surface area contributed by atoms with Crippen LogP contribution in [0, 0.1) is 0 Å². The second kappa shape index (κ2) is 6.61. The van der Waals surface area contributed by atoms with Crippen molar-refractivity contribution < 1.29 is 19.1 Å².